The van der Waals surface area contributed by atoms with Crippen molar-refractivity contribution < 1.29 is 35.7 Å². The molecule has 0 aromatic carbocycles. The van der Waals surface area contributed by atoms with Crippen LogP contribution in [-0.2, 0) is 9.53 Å². The van der Waals surface area contributed by atoms with Crippen molar-refractivity contribution in [1.82, 2.24) is 5.32 Å². The van der Waals surface area contributed by atoms with Gasteiger partial charge in [-0.1, -0.05) is 0 Å². The van der Waals surface area contributed by atoms with Gasteiger partial charge in [-0.05, 0) is 0 Å². The minimum Gasteiger partial charge on any atom is -0.394 e. The lowest BCUT2D eigenvalue weighted by atomic mass is 9.97. The lowest BCUT2D eigenvalue weighted by Crippen LogP contribution is -2.64. The van der Waals surface area contributed by atoms with E-state index in [-0.39, 0.29) is 0 Å². The van der Waals surface area contributed by atoms with Gasteiger partial charge in [-0.2, -0.15) is 0 Å². The molecule has 8 heteroatoms. The number of nitrogens with one attached hydrogen (secondary N) is 1. The first-order chi connectivity index (χ1) is 7.88. The minimum absolute atomic E-state index is 0.639. The van der Waals surface area contributed by atoms with Gasteiger partial charge in [0, 0.05) is 0 Å². The fraction of sp³-hybridized carbons (Fsp3) is 0.875. The molecule has 1 rings (SSSR count). The maximum Gasteiger partial charge on any atom is 0.251 e. The lowest BCUT2D eigenvalue weighted by Gasteiger charge is -2.40. The van der Waals surface area contributed by atoms with E-state index >= 15 is 0 Å². The molecule has 0 aromatic heterocycles. The molecule has 16 heavy (non-hydrogen) atoms. The summed E-state index contributed by atoms with van der Waals surface area (Å²) in [5.41, 5.74) is 0. The van der Waals surface area contributed by atoms with Gasteiger partial charge in [0.1, 0.15) is 24.4 Å². The highest BCUT2D eigenvalue weighted by Crippen LogP contribution is 2.19. The van der Waals surface area contributed by atoms with Gasteiger partial charge in [0.05, 0.1) is 7.98 Å². The lowest BCUT2D eigenvalue weighted by molar-refractivity contribution is -0.253. The minimum atomic E-state index is -2.57. The normalized spacial score (nSPS) is 42.3. The topological polar surface area (TPSA) is 119 Å². The quantitative estimate of drug-likeness (QED) is 0.356. The third kappa shape index (κ3) is 2.66. The summed E-state index contributed by atoms with van der Waals surface area (Å²) < 4.78 is 23.5. The molecule has 94 valence electrons. The van der Waals surface area contributed by atoms with Crippen LogP contribution in [0.1, 0.15) is 1.37 Å². The summed E-state index contributed by atoms with van der Waals surface area (Å²) in [6.07, 6.45) is -6.10. The Morgan fingerprint density at radius 3 is 2.56 bits per heavy atom. The number of aliphatic hydroxyl groups is 4. The van der Waals surface area contributed by atoms with Crippen LogP contribution in [0.4, 0.5) is 4.39 Å². The first-order valence-corrected chi connectivity index (χ1v) is 4.55. The number of aliphatic hydroxyl groups excluding tert-OH is 4. The number of hydrogen-bond acceptors (Lipinski definition) is 6. The van der Waals surface area contributed by atoms with E-state index in [9.17, 15) is 24.5 Å². The smallest absolute Gasteiger partial charge is 0.251 e. The largest absolute Gasteiger partial charge is 0.394 e. The molecule has 1 saturated heterocycles. The highest BCUT2D eigenvalue weighted by Gasteiger charge is 2.44. The van der Waals surface area contributed by atoms with Crippen LogP contribution in [0, 0.1) is 0 Å². The second-order valence-electron chi connectivity index (χ2n) is 3.37. The highest BCUT2D eigenvalue weighted by molar-refractivity contribution is 5.77. The summed E-state index contributed by atoms with van der Waals surface area (Å²) in [6, 6.07) is -1.47. The number of halogens is 1. The van der Waals surface area contributed by atoms with E-state index in [0.717, 1.165) is 0 Å². The molecule has 1 aliphatic rings. The Hall–Kier alpha value is -0.800. The first kappa shape index (κ1) is 11.7. The molecule has 1 fully saturated rings. The molecule has 6 atom stereocenters. The Morgan fingerprint density at radius 1 is 1.44 bits per heavy atom. The van der Waals surface area contributed by atoms with Gasteiger partial charge in [0.2, 0.25) is 0 Å². The van der Waals surface area contributed by atoms with Crippen LogP contribution in [0.3, 0.4) is 0 Å². The average molecular weight is 240 g/mol. The number of rotatable bonds is 3. The SMILES string of the molecule is [2H]C(F)C(=O)N[C@@H]1C(O)O[C@H](CO)[C@@H](O)[C@@H]1O. The van der Waals surface area contributed by atoms with Crippen molar-refractivity contribution in [2.75, 3.05) is 13.3 Å². The van der Waals surface area contributed by atoms with E-state index in [1.807, 2.05) is 5.32 Å². The Labute approximate surface area is 91.9 Å². The fourth-order valence-corrected chi connectivity index (χ4v) is 1.45. The van der Waals surface area contributed by atoms with Crippen molar-refractivity contribution in [2.45, 2.75) is 30.6 Å². The molecule has 0 aromatic rings. The summed E-state index contributed by atoms with van der Waals surface area (Å²) in [4.78, 5) is 10.9. The molecule has 2 unspecified atom stereocenters. The second-order valence-corrected chi connectivity index (χ2v) is 3.37. The highest BCUT2D eigenvalue weighted by atomic mass is 19.1. The van der Waals surface area contributed by atoms with Gasteiger partial charge in [-0.3, -0.25) is 4.79 Å². The summed E-state index contributed by atoms with van der Waals surface area (Å²) >= 11 is 0. The Morgan fingerprint density at radius 2 is 2.06 bits per heavy atom. The summed E-state index contributed by atoms with van der Waals surface area (Å²) in [7, 11) is 0. The standard InChI is InChI=1S/C8H14FNO6/c9-1-4(12)10-5-7(14)6(13)3(2-11)16-8(5)15/h3,5-8,11,13-15H,1-2H2,(H,10,12)/t3-,5+,6-,7-,8?/m1/s1/i1D/t1?,3-,5+,6-,7-,8?. The third-order valence-electron chi connectivity index (χ3n) is 2.31. The average Bonchev–Trinajstić information content (AvgIpc) is 2.28. The van der Waals surface area contributed by atoms with Crippen molar-refractivity contribution in [3.63, 3.8) is 0 Å². The van der Waals surface area contributed by atoms with E-state index in [1.165, 1.54) is 0 Å². The number of carbonyl (C=O) groups is 1. The predicted octanol–water partition coefficient (Wildman–Crippen LogP) is -3.13. The molecule has 5 N–H and O–H groups in total. The van der Waals surface area contributed by atoms with Crippen LogP contribution in [0.2, 0.25) is 0 Å². The molecule has 0 bridgehead atoms. The first-order valence-electron chi connectivity index (χ1n) is 5.13. The van der Waals surface area contributed by atoms with Crippen LogP contribution in [0.25, 0.3) is 0 Å². The molecule has 0 saturated carbocycles. The van der Waals surface area contributed by atoms with Crippen LogP contribution < -0.4 is 5.32 Å². The monoisotopic (exact) mass is 240 g/mol. The Bertz CT molecular complexity index is 281. The third-order valence-corrected chi connectivity index (χ3v) is 2.31. The molecule has 0 spiro atoms. The number of amides is 1. The van der Waals surface area contributed by atoms with Crippen molar-refractivity contribution in [1.29, 1.82) is 0 Å². The summed E-state index contributed by atoms with van der Waals surface area (Å²) in [6.45, 7) is -3.21. The van der Waals surface area contributed by atoms with Gasteiger partial charge in [0.25, 0.3) is 5.91 Å². The summed E-state index contributed by atoms with van der Waals surface area (Å²) in [5.74, 6) is -1.37. The molecular weight excluding hydrogens is 225 g/mol. The number of carbonyl (C=O) groups excluding carboxylic acids is 1. The van der Waals surface area contributed by atoms with Gasteiger partial charge in [-0.15, -0.1) is 0 Å². The number of alkyl halides is 1. The molecule has 0 aliphatic carbocycles. The van der Waals surface area contributed by atoms with Crippen molar-refractivity contribution in [3.05, 3.63) is 0 Å². The van der Waals surface area contributed by atoms with E-state index in [2.05, 4.69) is 0 Å². The molecular formula is C8H14FNO6. The van der Waals surface area contributed by atoms with Gasteiger partial charge < -0.3 is 30.5 Å². The summed E-state index contributed by atoms with van der Waals surface area (Å²) in [5, 5.41) is 39.0. The number of hydrogen-bond donors (Lipinski definition) is 5. The van der Waals surface area contributed by atoms with E-state index in [1.54, 1.807) is 0 Å². The fourth-order valence-electron chi connectivity index (χ4n) is 1.45. The molecule has 1 heterocycles. The van der Waals surface area contributed by atoms with Crippen molar-refractivity contribution >= 4 is 5.91 Å². The Balaban J connectivity index is 2.69. The zero-order valence-corrected chi connectivity index (χ0v) is 8.15. The second kappa shape index (κ2) is 5.51. The van der Waals surface area contributed by atoms with Crippen LogP contribution in [0.5, 0.6) is 0 Å². The zero-order valence-electron chi connectivity index (χ0n) is 9.15. The van der Waals surface area contributed by atoms with Crippen molar-refractivity contribution in [3.8, 4) is 0 Å². The van der Waals surface area contributed by atoms with E-state index < -0.39 is 49.8 Å². The maximum atomic E-state index is 12.3. The van der Waals surface area contributed by atoms with E-state index in [4.69, 9.17) is 11.2 Å². The molecule has 1 aliphatic heterocycles. The maximum absolute atomic E-state index is 12.3. The van der Waals surface area contributed by atoms with Crippen LogP contribution in [-0.4, -0.2) is 70.2 Å². The van der Waals surface area contributed by atoms with Gasteiger partial charge >= 0.3 is 0 Å². The van der Waals surface area contributed by atoms with Crippen LogP contribution in [0.15, 0.2) is 0 Å². The zero-order chi connectivity index (χ0) is 13.2. The van der Waals surface area contributed by atoms with Gasteiger partial charge in [-0.25, -0.2) is 4.39 Å². The van der Waals surface area contributed by atoms with Crippen LogP contribution >= 0.6 is 0 Å². The predicted molar refractivity (Wildman–Crippen MR) is 47.9 cm³/mol. The van der Waals surface area contributed by atoms with E-state index in [0.29, 0.717) is 0 Å². The number of ether oxygens (including phenoxy) is 1. The molecule has 1 amide bonds. The van der Waals surface area contributed by atoms with Gasteiger partial charge in [0.15, 0.2) is 12.9 Å². The molecule has 7 nitrogen and oxygen atoms in total. The van der Waals surface area contributed by atoms with Crippen molar-refractivity contribution in [2.24, 2.45) is 0 Å². The Kier molecular flexibility index (Phi) is 4.02. The molecule has 0 radical (unpaired) electrons.